The largest absolute Gasteiger partial charge is 0.472 e. The van der Waals surface area contributed by atoms with Crippen molar-refractivity contribution in [3.05, 3.63) is 158 Å². The van der Waals surface area contributed by atoms with Crippen LogP contribution in [0.2, 0.25) is 0 Å². The van der Waals surface area contributed by atoms with Crippen molar-refractivity contribution in [1.29, 1.82) is 0 Å². The van der Waals surface area contributed by atoms with Crippen LogP contribution in [0.1, 0.15) is 239 Å². The van der Waals surface area contributed by atoms with Crippen LogP contribution in [0.5, 0.6) is 0 Å². The van der Waals surface area contributed by atoms with Crippen molar-refractivity contribution in [2.45, 2.75) is 257 Å². The van der Waals surface area contributed by atoms with Crippen LogP contribution in [0.4, 0.5) is 0 Å². The maximum absolute atomic E-state index is 12.9. The molecule has 0 amide bonds. The zero-order valence-electron chi connectivity index (χ0n) is 57.1. The minimum Gasteiger partial charge on any atom is -0.463 e. The van der Waals surface area contributed by atoms with Gasteiger partial charge in [-0.1, -0.05) is 230 Å². The van der Waals surface area contributed by atoms with Crippen LogP contribution >= 0.6 is 15.6 Å². The van der Waals surface area contributed by atoms with E-state index in [2.05, 4.69) is 179 Å². The summed E-state index contributed by atoms with van der Waals surface area (Å²) in [4.78, 5) is 58.4. The van der Waals surface area contributed by atoms with Gasteiger partial charge in [0, 0.05) is 19.3 Å². The van der Waals surface area contributed by atoms with Gasteiger partial charge in [0.25, 0.3) is 0 Å². The van der Waals surface area contributed by atoms with Gasteiger partial charge in [0.05, 0.1) is 26.4 Å². The van der Waals surface area contributed by atoms with Crippen molar-refractivity contribution in [3.63, 3.8) is 0 Å². The van der Waals surface area contributed by atoms with E-state index in [-0.39, 0.29) is 19.3 Å². The third-order valence-corrected chi connectivity index (χ3v) is 15.6. The van der Waals surface area contributed by atoms with Crippen molar-refractivity contribution in [2.75, 3.05) is 39.6 Å². The van der Waals surface area contributed by atoms with E-state index in [0.29, 0.717) is 19.3 Å². The molecule has 0 aliphatic carbocycles. The topological polar surface area (TPSA) is 231 Å². The number of ether oxygens (including phenoxy) is 3. The molecule has 0 aliphatic rings. The summed E-state index contributed by atoms with van der Waals surface area (Å²) in [5.74, 6) is -1.66. The number of esters is 3. The van der Waals surface area contributed by atoms with Gasteiger partial charge < -0.3 is 34.2 Å². The molecule has 0 radical (unpaired) electrons. The number of aliphatic hydroxyl groups excluding tert-OH is 2. The SMILES string of the molecule is CC/C=C\C/C=C\C/C=C\C/C=C\C/C=C\C/C=C\CCCCCCC(=O)OCC(O)COP(=O)(O)OCC(O)COP(=O)(O)OCC(COC(=O)CCCCC/C=C\C/C=C\C/C=C\C/C=C\C/C=C\CC)OC(=O)CCCCCCC/C=C\C/C=C\CCCCC. The van der Waals surface area contributed by atoms with Gasteiger partial charge in [-0.3, -0.25) is 32.5 Å². The summed E-state index contributed by atoms with van der Waals surface area (Å²) in [7, 11) is -9.81. The molecule has 16 nitrogen and oxygen atoms in total. The molecule has 0 fully saturated rings. The van der Waals surface area contributed by atoms with E-state index >= 15 is 0 Å². The van der Waals surface area contributed by atoms with Crippen molar-refractivity contribution in [2.24, 2.45) is 0 Å². The monoisotopic (exact) mass is 1340 g/mol. The second-order valence-electron chi connectivity index (χ2n) is 22.6. The summed E-state index contributed by atoms with van der Waals surface area (Å²) in [6.45, 7) is 2.30. The lowest BCUT2D eigenvalue weighted by Crippen LogP contribution is -2.30. The number of phosphoric ester groups is 2. The molecule has 93 heavy (non-hydrogen) atoms. The summed E-state index contributed by atoms with van der Waals surface area (Å²) in [6, 6.07) is 0. The molecule has 528 valence electrons. The first kappa shape index (κ1) is 88.2. The Morgan fingerprint density at radius 3 is 0.914 bits per heavy atom. The Hall–Kier alpha value is -4.83. The highest BCUT2D eigenvalue weighted by Gasteiger charge is 2.29. The van der Waals surface area contributed by atoms with Crippen LogP contribution in [0.15, 0.2) is 158 Å². The fourth-order valence-electron chi connectivity index (χ4n) is 8.45. The lowest BCUT2D eigenvalue weighted by atomic mass is 10.1. The zero-order chi connectivity index (χ0) is 68.1. The second kappa shape index (κ2) is 67.2. The maximum atomic E-state index is 12.9. The Labute approximate surface area is 561 Å². The molecule has 0 saturated heterocycles. The van der Waals surface area contributed by atoms with Crippen LogP contribution in [0, 0.1) is 0 Å². The molecule has 0 saturated carbocycles. The van der Waals surface area contributed by atoms with Gasteiger partial charge in [-0.2, -0.15) is 0 Å². The standard InChI is InChI=1S/C75H122O16P2/c1-4-7-10-13-16-19-22-25-28-30-32-33-34-35-37-39-41-43-46-49-52-55-58-61-73(78)85-64-70(76)65-87-92(81,82)88-66-71(77)67-89-93(83,84)90-69-72(91-75(80)63-60-57-54-51-48-45-40-27-24-21-18-15-12-9-6-3)68-86-74(79)62-59-56-53-50-47-44-42-38-36-31-29-26-23-20-17-14-11-8-5-2/h7-8,10-11,16-21,25-29,32-33,35-38,40-41,43-44,47,70-72,76-77H,4-6,9,12-15,22-24,30-31,34,39,42,45-46,48-69H2,1-3H3,(H,81,82)(H,83,84)/b10-7-,11-8-,19-16-,20-17-,21-18-,28-25-,29-26-,33-32-,37-35-,38-36-,40-27-,43-41-,47-44-. The van der Waals surface area contributed by atoms with E-state index in [9.17, 15) is 43.5 Å². The molecular formula is C75H122O16P2. The predicted molar refractivity (Wildman–Crippen MR) is 380 cm³/mol. The van der Waals surface area contributed by atoms with Crippen molar-refractivity contribution >= 4 is 33.6 Å². The van der Waals surface area contributed by atoms with Crippen molar-refractivity contribution in [3.8, 4) is 0 Å². The van der Waals surface area contributed by atoms with Crippen molar-refractivity contribution in [1.82, 2.24) is 0 Å². The number of carbonyl (C=O) groups is 3. The Morgan fingerprint density at radius 1 is 0.312 bits per heavy atom. The molecule has 0 bridgehead atoms. The van der Waals surface area contributed by atoms with E-state index in [4.69, 9.17) is 32.3 Å². The highest BCUT2D eigenvalue weighted by atomic mass is 31.2. The molecule has 0 heterocycles. The summed E-state index contributed by atoms with van der Waals surface area (Å²) >= 11 is 0. The first-order valence-corrected chi connectivity index (χ1v) is 37.8. The lowest BCUT2D eigenvalue weighted by molar-refractivity contribution is -0.161. The maximum Gasteiger partial charge on any atom is 0.472 e. The zero-order valence-corrected chi connectivity index (χ0v) is 58.9. The van der Waals surface area contributed by atoms with E-state index < -0.39 is 91.5 Å². The number of hydrogen-bond donors (Lipinski definition) is 4. The molecule has 5 atom stereocenters. The molecule has 0 spiro atoms. The van der Waals surface area contributed by atoms with E-state index in [1.807, 2.05) is 0 Å². The summed E-state index contributed by atoms with van der Waals surface area (Å²) in [5.41, 5.74) is 0. The molecule has 0 aromatic rings. The van der Waals surface area contributed by atoms with Crippen LogP contribution in [-0.4, -0.2) is 95.9 Å². The number of rotatable bonds is 64. The normalized spacial score (nSPS) is 15.1. The van der Waals surface area contributed by atoms with Crippen LogP contribution in [-0.2, 0) is 55.8 Å². The Bertz CT molecular complexity index is 2320. The minimum atomic E-state index is -4.95. The number of allylic oxidation sites excluding steroid dienone is 26. The van der Waals surface area contributed by atoms with E-state index in [0.717, 1.165) is 161 Å². The molecule has 0 aliphatic heterocycles. The Kier molecular flexibility index (Phi) is 63.7. The summed E-state index contributed by atoms with van der Waals surface area (Å²) < 4.78 is 60.9. The average molecular weight is 1340 g/mol. The van der Waals surface area contributed by atoms with Crippen molar-refractivity contribution < 1.29 is 75.8 Å². The van der Waals surface area contributed by atoms with Gasteiger partial charge in [-0.15, -0.1) is 0 Å². The first-order valence-electron chi connectivity index (χ1n) is 34.8. The van der Waals surface area contributed by atoms with Crippen LogP contribution in [0.3, 0.4) is 0 Å². The smallest absolute Gasteiger partial charge is 0.463 e. The van der Waals surface area contributed by atoms with E-state index in [1.165, 1.54) is 19.3 Å². The highest BCUT2D eigenvalue weighted by molar-refractivity contribution is 7.47. The van der Waals surface area contributed by atoms with Gasteiger partial charge in [0.1, 0.15) is 25.4 Å². The van der Waals surface area contributed by atoms with Gasteiger partial charge >= 0.3 is 33.6 Å². The first-order chi connectivity index (χ1) is 45.2. The third kappa shape index (κ3) is 68.4. The number of aliphatic hydroxyl groups is 2. The molecular weight excluding hydrogens is 1220 g/mol. The number of phosphoric acid groups is 2. The molecule has 18 heteroatoms. The second-order valence-corrected chi connectivity index (χ2v) is 25.5. The number of hydrogen-bond acceptors (Lipinski definition) is 14. The molecule has 4 N–H and O–H groups in total. The lowest BCUT2D eigenvalue weighted by Gasteiger charge is -2.21. The molecule has 0 aromatic carbocycles. The minimum absolute atomic E-state index is 0.0747. The average Bonchev–Trinajstić information content (AvgIpc) is 3.74. The Balaban J connectivity index is 4.73. The summed E-state index contributed by atoms with van der Waals surface area (Å²) in [5, 5.41) is 20.6. The van der Waals surface area contributed by atoms with Gasteiger partial charge in [0.2, 0.25) is 0 Å². The number of carbonyl (C=O) groups excluding carboxylic acids is 3. The fourth-order valence-corrected chi connectivity index (χ4v) is 10.0. The Morgan fingerprint density at radius 2 is 0.570 bits per heavy atom. The van der Waals surface area contributed by atoms with Gasteiger partial charge in [-0.25, -0.2) is 9.13 Å². The predicted octanol–water partition coefficient (Wildman–Crippen LogP) is 19.5. The van der Waals surface area contributed by atoms with Crippen LogP contribution in [0.25, 0.3) is 0 Å². The molecule has 0 rings (SSSR count). The quantitative estimate of drug-likeness (QED) is 0.0146. The highest BCUT2D eigenvalue weighted by Crippen LogP contribution is 2.45. The fraction of sp³-hybridized carbons (Fsp3) is 0.613. The van der Waals surface area contributed by atoms with Gasteiger partial charge in [0.15, 0.2) is 6.10 Å². The molecule has 5 unspecified atom stereocenters. The third-order valence-electron chi connectivity index (χ3n) is 13.7. The van der Waals surface area contributed by atoms with Gasteiger partial charge in [-0.05, 0) is 148 Å². The van der Waals surface area contributed by atoms with Crippen LogP contribution < -0.4 is 0 Å². The molecule has 0 aromatic heterocycles. The number of unbranched alkanes of at least 4 members (excludes halogenated alkanes) is 15. The van der Waals surface area contributed by atoms with E-state index in [1.54, 1.807) is 0 Å². The summed E-state index contributed by atoms with van der Waals surface area (Å²) in [6.07, 6.45) is 81.5.